The molecular weight excluding hydrogens is 267 g/mol. The number of alkyl halides is 3. The largest absolute Gasteiger partial charge is 0.573 e. The zero-order valence-corrected chi connectivity index (χ0v) is 12.1. The van der Waals surface area contributed by atoms with E-state index in [1.165, 1.54) is 12.1 Å². The topological polar surface area (TPSA) is 21.3 Å². The molecule has 0 aliphatic heterocycles. The van der Waals surface area contributed by atoms with Crippen LogP contribution in [0.25, 0.3) is 0 Å². The second-order valence-electron chi connectivity index (χ2n) is 5.23. The Morgan fingerprint density at radius 2 is 1.95 bits per heavy atom. The van der Waals surface area contributed by atoms with Gasteiger partial charge in [0.15, 0.2) is 0 Å². The molecule has 0 amide bonds. The smallest absolute Gasteiger partial charge is 0.406 e. The van der Waals surface area contributed by atoms with Gasteiger partial charge in [-0.05, 0) is 37.0 Å². The minimum absolute atomic E-state index is 0.175. The van der Waals surface area contributed by atoms with E-state index in [9.17, 15) is 13.2 Å². The van der Waals surface area contributed by atoms with Crippen molar-refractivity contribution < 1.29 is 17.9 Å². The summed E-state index contributed by atoms with van der Waals surface area (Å²) in [4.78, 5) is 0. The van der Waals surface area contributed by atoms with Gasteiger partial charge in [0.05, 0.1) is 0 Å². The number of halogens is 3. The van der Waals surface area contributed by atoms with Crippen molar-refractivity contribution in [2.75, 3.05) is 0 Å². The van der Waals surface area contributed by atoms with Gasteiger partial charge >= 0.3 is 6.36 Å². The monoisotopic (exact) mass is 289 g/mol. The van der Waals surface area contributed by atoms with Crippen LogP contribution in [0.3, 0.4) is 0 Å². The number of benzene rings is 1. The van der Waals surface area contributed by atoms with Gasteiger partial charge in [-0.3, -0.25) is 0 Å². The Kier molecular flexibility index (Phi) is 6.33. The molecule has 0 aliphatic rings. The molecular formula is C15H22F3NO. The van der Waals surface area contributed by atoms with Crippen LogP contribution in [-0.2, 0) is 6.54 Å². The van der Waals surface area contributed by atoms with E-state index in [-0.39, 0.29) is 5.75 Å². The van der Waals surface area contributed by atoms with E-state index in [2.05, 4.69) is 30.8 Å². The van der Waals surface area contributed by atoms with Gasteiger partial charge in [0.25, 0.3) is 0 Å². The molecule has 0 saturated heterocycles. The Morgan fingerprint density at radius 3 is 2.55 bits per heavy atom. The molecule has 2 unspecified atom stereocenters. The van der Waals surface area contributed by atoms with E-state index >= 15 is 0 Å². The first-order valence-electron chi connectivity index (χ1n) is 6.88. The Bertz CT molecular complexity index is 406. The molecule has 0 aliphatic carbocycles. The number of hydrogen-bond donors (Lipinski definition) is 1. The highest BCUT2D eigenvalue weighted by Crippen LogP contribution is 2.23. The van der Waals surface area contributed by atoms with Crippen LogP contribution in [0, 0.1) is 5.92 Å². The molecule has 0 bridgehead atoms. The SMILES string of the molecule is CCC(C)CC(C)NCc1cccc(OC(F)(F)F)c1. The van der Waals surface area contributed by atoms with Gasteiger partial charge in [0, 0.05) is 12.6 Å². The quantitative estimate of drug-likeness (QED) is 0.798. The summed E-state index contributed by atoms with van der Waals surface area (Å²) in [7, 11) is 0. The summed E-state index contributed by atoms with van der Waals surface area (Å²) in [6, 6.07) is 6.40. The summed E-state index contributed by atoms with van der Waals surface area (Å²) in [5, 5.41) is 3.32. The summed E-state index contributed by atoms with van der Waals surface area (Å²) in [6.45, 7) is 6.96. The maximum Gasteiger partial charge on any atom is 0.573 e. The first-order valence-corrected chi connectivity index (χ1v) is 6.88. The maximum absolute atomic E-state index is 12.1. The lowest BCUT2D eigenvalue weighted by molar-refractivity contribution is -0.274. The lowest BCUT2D eigenvalue weighted by Gasteiger charge is -2.18. The lowest BCUT2D eigenvalue weighted by atomic mass is 10.0. The number of hydrogen-bond acceptors (Lipinski definition) is 2. The summed E-state index contributed by atoms with van der Waals surface area (Å²) >= 11 is 0. The summed E-state index contributed by atoms with van der Waals surface area (Å²) < 4.78 is 40.3. The van der Waals surface area contributed by atoms with Crippen molar-refractivity contribution in [1.29, 1.82) is 0 Å². The standard InChI is InChI=1S/C15H22F3NO/c1-4-11(2)8-12(3)19-10-13-6-5-7-14(9-13)20-15(16,17)18/h5-7,9,11-12,19H,4,8,10H2,1-3H3. The van der Waals surface area contributed by atoms with Crippen molar-refractivity contribution in [2.24, 2.45) is 5.92 Å². The first-order chi connectivity index (χ1) is 9.30. The van der Waals surface area contributed by atoms with Crippen LogP contribution in [0.2, 0.25) is 0 Å². The average Bonchev–Trinajstić information content (AvgIpc) is 2.34. The van der Waals surface area contributed by atoms with Gasteiger partial charge in [0.2, 0.25) is 0 Å². The van der Waals surface area contributed by atoms with E-state index < -0.39 is 6.36 Å². The molecule has 2 atom stereocenters. The Hall–Kier alpha value is -1.23. The fraction of sp³-hybridized carbons (Fsp3) is 0.600. The van der Waals surface area contributed by atoms with Gasteiger partial charge in [-0.2, -0.15) is 0 Å². The van der Waals surface area contributed by atoms with Gasteiger partial charge in [-0.25, -0.2) is 0 Å². The Morgan fingerprint density at radius 1 is 1.25 bits per heavy atom. The highest BCUT2D eigenvalue weighted by Gasteiger charge is 2.31. The molecule has 1 aromatic rings. The average molecular weight is 289 g/mol. The first kappa shape index (κ1) is 16.8. The van der Waals surface area contributed by atoms with Crippen molar-refractivity contribution in [1.82, 2.24) is 5.32 Å². The minimum atomic E-state index is -4.64. The van der Waals surface area contributed by atoms with E-state index in [0.717, 1.165) is 18.4 Å². The third-order valence-electron chi connectivity index (χ3n) is 3.24. The fourth-order valence-electron chi connectivity index (χ4n) is 2.00. The molecule has 0 spiro atoms. The summed E-state index contributed by atoms with van der Waals surface area (Å²) in [5.74, 6) is 0.462. The molecule has 20 heavy (non-hydrogen) atoms. The summed E-state index contributed by atoms with van der Waals surface area (Å²) in [5.41, 5.74) is 0.780. The van der Waals surface area contributed by atoms with Crippen LogP contribution in [-0.4, -0.2) is 12.4 Å². The fourth-order valence-corrected chi connectivity index (χ4v) is 2.00. The van der Waals surface area contributed by atoms with E-state index in [4.69, 9.17) is 0 Å². The third-order valence-corrected chi connectivity index (χ3v) is 3.24. The molecule has 1 rings (SSSR count). The highest BCUT2D eigenvalue weighted by atomic mass is 19.4. The molecule has 0 radical (unpaired) electrons. The second kappa shape index (κ2) is 7.53. The van der Waals surface area contributed by atoms with E-state index in [1.54, 1.807) is 12.1 Å². The van der Waals surface area contributed by atoms with Crippen LogP contribution < -0.4 is 10.1 Å². The predicted molar refractivity (Wildman–Crippen MR) is 73.5 cm³/mol. The van der Waals surface area contributed by atoms with Crippen LogP contribution >= 0.6 is 0 Å². The zero-order valence-electron chi connectivity index (χ0n) is 12.1. The van der Waals surface area contributed by atoms with Gasteiger partial charge in [-0.1, -0.05) is 32.4 Å². The Labute approximate surface area is 118 Å². The van der Waals surface area contributed by atoms with Crippen molar-refractivity contribution in [3.8, 4) is 5.75 Å². The second-order valence-corrected chi connectivity index (χ2v) is 5.23. The van der Waals surface area contributed by atoms with Crippen molar-refractivity contribution in [3.63, 3.8) is 0 Å². The number of ether oxygens (including phenoxy) is 1. The van der Waals surface area contributed by atoms with Crippen molar-refractivity contribution >= 4 is 0 Å². The van der Waals surface area contributed by atoms with Crippen LogP contribution in [0.15, 0.2) is 24.3 Å². The Balaban J connectivity index is 2.50. The number of rotatable bonds is 7. The molecule has 1 aromatic carbocycles. The molecule has 0 aromatic heterocycles. The molecule has 2 nitrogen and oxygen atoms in total. The van der Waals surface area contributed by atoms with Crippen molar-refractivity contribution in [2.45, 2.75) is 52.6 Å². The van der Waals surface area contributed by atoms with Crippen LogP contribution in [0.5, 0.6) is 5.75 Å². The molecule has 5 heteroatoms. The number of nitrogens with one attached hydrogen (secondary N) is 1. The van der Waals surface area contributed by atoms with Gasteiger partial charge in [-0.15, -0.1) is 13.2 Å². The molecule has 0 saturated carbocycles. The van der Waals surface area contributed by atoms with Gasteiger partial charge in [0.1, 0.15) is 5.75 Å². The third kappa shape index (κ3) is 6.80. The molecule has 1 N–H and O–H groups in total. The maximum atomic E-state index is 12.1. The normalized spacial score (nSPS) is 14.9. The van der Waals surface area contributed by atoms with Gasteiger partial charge < -0.3 is 10.1 Å². The minimum Gasteiger partial charge on any atom is -0.406 e. The van der Waals surface area contributed by atoms with E-state index in [0.29, 0.717) is 18.5 Å². The van der Waals surface area contributed by atoms with Crippen LogP contribution in [0.1, 0.15) is 39.2 Å². The lowest BCUT2D eigenvalue weighted by Crippen LogP contribution is -2.27. The molecule has 0 fully saturated rings. The predicted octanol–water partition coefficient (Wildman–Crippen LogP) is 4.50. The van der Waals surface area contributed by atoms with Crippen molar-refractivity contribution in [3.05, 3.63) is 29.8 Å². The molecule has 114 valence electrons. The molecule has 0 heterocycles. The zero-order chi connectivity index (χ0) is 15.2. The van der Waals surface area contributed by atoms with Crippen LogP contribution in [0.4, 0.5) is 13.2 Å². The highest BCUT2D eigenvalue weighted by molar-refractivity contribution is 5.28. The summed E-state index contributed by atoms with van der Waals surface area (Å²) in [6.07, 6.45) is -2.47. The van der Waals surface area contributed by atoms with E-state index in [1.807, 2.05) is 0 Å².